The van der Waals surface area contributed by atoms with E-state index in [2.05, 4.69) is 10.4 Å². The van der Waals surface area contributed by atoms with E-state index in [9.17, 15) is 13.6 Å². The van der Waals surface area contributed by atoms with Crippen molar-refractivity contribution >= 4 is 17.4 Å². The highest BCUT2D eigenvalue weighted by Crippen LogP contribution is 2.20. The molecule has 0 bridgehead atoms. The molecule has 0 aliphatic heterocycles. The number of halogens is 2. The number of carbonyl (C=O) groups is 1. The van der Waals surface area contributed by atoms with Crippen molar-refractivity contribution in [1.82, 2.24) is 4.98 Å². The minimum atomic E-state index is -0.858. The number of nitrogens with zero attached hydrogens (tertiary/aromatic N) is 2. The third kappa shape index (κ3) is 2.57. The average molecular weight is 278 g/mol. The number of aromatic nitrogens is 1. The molecule has 0 fully saturated rings. The lowest BCUT2D eigenvalue weighted by Crippen LogP contribution is -2.28. The number of nitrogens with one attached hydrogen (secondary N) is 1. The van der Waals surface area contributed by atoms with Crippen molar-refractivity contribution in [2.75, 3.05) is 17.4 Å². The zero-order chi connectivity index (χ0) is 14.7. The quantitative estimate of drug-likeness (QED) is 0.664. The van der Waals surface area contributed by atoms with Crippen molar-refractivity contribution < 1.29 is 13.6 Å². The van der Waals surface area contributed by atoms with Crippen molar-refractivity contribution in [2.45, 2.75) is 0 Å². The fraction of sp³-hybridized carbons (Fsp3) is 0.0769. The molecule has 2 aromatic rings. The second-order valence-corrected chi connectivity index (χ2v) is 4.01. The fourth-order valence-corrected chi connectivity index (χ4v) is 1.69. The van der Waals surface area contributed by atoms with Gasteiger partial charge in [-0.2, -0.15) is 0 Å². The number of hydrogen-bond acceptors (Lipinski definition) is 4. The van der Waals surface area contributed by atoms with Crippen molar-refractivity contribution in [1.29, 1.82) is 0 Å². The Hall–Kier alpha value is -2.54. The van der Waals surface area contributed by atoms with Crippen LogP contribution >= 0.6 is 0 Å². The minimum absolute atomic E-state index is 0.209. The molecule has 1 aromatic heterocycles. The number of amides is 1. The van der Waals surface area contributed by atoms with Gasteiger partial charge in [0, 0.05) is 18.9 Å². The van der Waals surface area contributed by atoms with Crippen LogP contribution in [-0.2, 0) is 0 Å². The van der Waals surface area contributed by atoms with Crippen molar-refractivity contribution in [3.8, 4) is 0 Å². The van der Waals surface area contributed by atoms with Crippen LogP contribution in [0.4, 0.5) is 20.3 Å². The summed E-state index contributed by atoms with van der Waals surface area (Å²) in [6.45, 7) is 0. The van der Waals surface area contributed by atoms with Crippen LogP contribution in [0.25, 0.3) is 0 Å². The summed E-state index contributed by atoms with van der Waals surface area (Å²) < 4.78 is 27.1. The van der Waals surface area contributed by atoms with Gasteiger partial charge in [0.05, 0.1) is 5.56 Å². The highest BCUT2D eigenvalue weighted by Gasteiger charge is 2.20. The van der Waals surface area contributed by atoms with E-state index in [-0.39, 0.29) is 11.4 Å². The molecule has 0 unspecified atom stereocenters. The molecular formula is C13H12F2N4O. The summed E-state index contributed by atoms with van der Waals surface area (Å²) >= 11 is 0. The number of benzene rings is 1. The first-order valence-electron chi connectivity index (χ1n) is 5.69. The van der Waals surface area contributed by atoms with E-state index >= 15 is 0 Å². The molecule has 0 radical (unpaired) electrons. The maximum absolute atomic E-state index is 14.0. The lowest BCUT2D eigenvalue weighted by atomic mass is 10.2. The smallest absolute Gasteiger partial charge is 0.261 e. The summed E-state index contributed by atoms with van der Waals surface area (Å²) in [4.78, 5) is 17.0. The standard InChI is InChI=1S/C13H12F2N4O/c1-19(9-4-2-3-8(14)7-9)13(20)10-5-6-17-12(18-16)11(10)15/h2-7H,16H2,1H3,(H,17,18). The van der Waals surface area contributed by atoms with Crippen LogP contribution in [0.3, 0.4) is 0 Å². The number of hydrazine groups is 1. The van der Waals surface area contributed by atoms with Crippen molar-refractivity contribution in [3.05, 3.63) is 53.7 Å². The van der Waals surface area contributed by atoms with Gasteiger partial charge in [0.2, 0.25) is 0 Å². The third-order valence-corrected chi connectivity index (χ3v) is 2.76. The van der Waals surface area contributed by atoms with Gasteiger partial charge in [-0.05, 0) is 24.3 Å². The molecule has 7 heteroatoms. The van der Waals surface area contributed by atoms with Gasteiger partial charge >= 0.3 is 0 Å². The summed E-state index contributed by atoms with van der Waals surface area (Å²) in [6.07, 6.45) is 1.25. The molecule has 5 nitrogen and oxygen atoms in total. The van der Waals surface area contributed by atoms with Crippen LogP contribution in [0, 0.1) is 11.6 Å². The monoisotopic (exact) mass is 278 g/mol. The predicted molar refractivity (Wildman–Crippen MR) is 71.1 cm³/mol. The van der Waals surface area contributed by atoms with E-state index in [0.29, 0.717) is 5.69 Å². The van der Waals surface area contributed by atoms with Crippen LogP contribution in [0.5, 0.6) is 0 Å². The number of anilines is 2. The Morgan fingerprint density at radius 1 is 1.35 bits per heavy atom. The molecule has 1 aromatic carbocycles. The Morgan fingerprint density at radius 3 is 2.75 bits per heavy atom. The fourth-order valence-electron chi connectivity index (χ4n) is 1.69. The molecule has 0 saturated heterocycles. The SMILES string of the molecule is CN(C(=O)c1ccnc(NN)c1F)c1cccc(F)c1. The van der Waals surface area contributed by atoms with Gasteiger partial charge < -0.3 is 10.3 Å². The molecule has 1 amide bonds. The zero-order valence-electron chi connectivity index (χ0n) is 10.6. The Kier molecular flexibility index (Phi) is 3.90. The van der Waals surface area contributed by atoms with E-state index < -0.39 is 17.5 Å². The number of nitrogens with two attached hydrogens (primary N) is 1. The molecular weight excluding hydrogens is 266 g/mol. The first-order chi connectivity index (χ1) is 9.54. The lowest BCUT2D eigenvalue weighted by Gasteiger charge is -2.18. The molecule has 104 valence electrons. The van der Waals surface area contributed by atoms with Gasteiger partial charge in [-0.25, -0.2) is 19.6 Å². The second kappa shape index (κ2) is 5.62. The van der Waals surface area contributed by atoms with Crippen molar-refractivity contribution in [3.63, 3.8) is 0 Å². The van der Waals surface area contributed by atoms with Crippen molar-refractivity contribution in [2.24, 2.45) is 5.84 Å². The van der Waals surface area contributed by atoms with Gasteiger partial charge in [0.15, 0.2) is 11.6 Å². The molecule has 0 atom stereocenters. The summed E-state index contributed by atoms with van der Waals surface area (Å²) in [5, 5.41) is 0. The summed E-state index contributed by atoms with van der Waals surface area (Å²) in [6, 6.07) is 6.67. The molecule has 0 aliphatic carbocycles. The van der Waals surface area contributed by atoms with Crippen LogP contribution in [-0.4, -0.2) is 17.9 Å². The minimum Gasteiger partial charge on any atom is -0.311 e. The number of pyridine rings is 1. The molecule has 20 heavy (non-hydrogen) atoms. The predicted octanol–water partition coefficient (Wildman–Crippen LogP) is 1.92. The van der Waals surface area contributed by atoms with E-state index in [4.69, 9.17) is 5.84 Å². The highest BCUT2D eigenvalue weighted by atomic mass is 19.1. The number of hydrogen-bond donors (Lipinski definition) is 2. The number of nitrogen functional groups attached to an aromatic ring is 1. The highest BCUT2D eigenvalue weighted by molar-refractivity contribution is 6.06. The van der Waals surface area contributed by atoms with E-state index in [1.165, 1.54) is 37.5 Å². The Labute approximate surface area is 114 Å². The van der Waals surface area contributed by atoms with Crippen LogP contribution in [0.15, 0.2) is 36.5 Å². The Balaban J connectivity index is 2.36. The van der Waals surface area contributed by atoms with Gasteiger partial charge in [-0.3, -0.25) is 4.79 Å². The van der Waals surface area contributed by atoms with Crippen LogP contribution in [0.2, 0.25) is 0 Å². The summed E-state index contributed by atoms with van der Waals surface area (Å²) in [7, 11) is 1.42. The average Bonchev–Trinajstić information content (AvgIpc) is 2.46. The maximum Gasteiger partial charge on any atom is 0.261 e. The van der Waals surface area contributed by atoms with E-state index in [0.717, 1.165) is 4.90 Å². The first-order valence-corrected chi connectivity index (χ1v) is 5.69. The first kappa shape index (κ1) is 13.9. The molecule has 1 heterocycles. The molecule has 2 rings (SSSR count). The van der Waals surface area contributed by atoms with Crippen LogP contribution < -0.4 is 16.2 Å². The van der Waals surface area contributed by atoms with Gasteiger partial charge in [0.1, 0.15) is 5.82 Å². The van der Waals surface area contributed by atoms with Crippen LogP contribution in [0.1, 0.15) is 10.4 Å². The zero-order valence-corrected chi connectivity index (χ0v) is 10.6. The molecule has 0 aliphatic rings. The summed E-state index contributed by atoms with van der Waals surface area (Å²) in [5.41, 5.74) is 2.17. The molecule has 0 spiro atoms. The molecule has 0 saturated carbocycles. The number of carbonyl (C=O) groups excluding carboxylic acids is 1. The normalized spacial score (nSPS) is 10.2. The van der Waals surface area contributed by atoms with Gasteiger partial charge in [0.25, 0.3) is 5.91 Å². The van der Waals surface area contributed by atoms with E-state index in [1.807, 2.05) is 0 Å². The van der Waals surface area contributed by atoms with E-state index in [1.54, 1.807) is 6.07 Å². The topological polar surface area (TPSA) is 71.2 Å². The Morgan fingerprint density at radius 2 is 2.10 bits per heavy atom. The summed E-state index contributed by atoms with van der Waals surface area (Å²) in [5.74, 6) is 2.89. The Bertz CT molecular complexity index is 648. The second-order valence-electron chi connectivity index (χ2n) is 4.01. The maximum atomic E-state index is 14.0. The van der Waals surface area contributed by atoms with Gasteiger partial charge in [-0.15, -0.1) is 0 Å². The largest absolute Gasteiger partial charge is 0.311 e. The third-order valence-electron chi connectivity index (χ3n) is 2.76. The molecule has 3 N–H and O–H groups in total. The van der Waals surface area contributed by atoms with Gasteiger partial charge in [-0.1, -0.05) is 6.07 Å². The number of rotatable bonds is 3. The lowest BCUT2D eigenvalue weighted by molar-refractivity contribution is 0.0989.